The van der Waals surface area contributed by atoms with Crippen molar-refractivity contribution < 1.29 is 18.0 Å². The van der Waals surface area contributed by atoms with Crippen molar-refractivity contribution in [3.63, 3.8) is 0 Å². The summed E-state index contributed by atoms with van der Waals surface area (Å²) < 4.78 is 24.7. The zero-order valence-electron chi connectivity index (χ0n) is 17.1. The summed E-state index contributed by atoms with van der Waals surface area (Å²) >= 11 is 0. The van der Waals surface area contributed by atoms with Gasteiger partial charge in [-0.3, -0.25) is 14.3 Å². The molecule has 3 rings (SSSR count). The Morgan fingerprint density at radius 1 is 1.26 bits per heavy atom. The molecule has 1 aromatic carbocycles. The topological polar surface area (TPSA) is 151 Å². The first kappa shape index (κ1) is 22.3. The third-order valence-corrected chi connectivity index (χ3v) is 6.81. The van der Waals surface area contributed by atoms with E-state index in [2.05, 4.69) is 16.5 Å². The van der Waals surface area contributed by atoms with E-state index in [9.17, 15) is 18.0 Å². The number of nitrogens with one attached hydrogen (secondary N) is 1. The van der Waals surface area contributed by atoms with Crippen LogP contribution < -0.4 is 11.1 Å². The molecule has 0 spiro atoms. The molecule has 0 bridgehead atoms. The number of nitrogens with zero attached hydrogens (tertiary/aromatic N) is 4. The summed E-state index contributed by atoms with van der Waals surface area (Å²) in [6, 6.07) is 8.52. The molecule has 1 aromatic heterocycles. The summed E-state index contributed by atoms with van der Waals surface area (Å²) in [4.78, 5) is 26.0. The van der Waals surface area contributed by atoms with Gasteiger partial charge in [0, 0.05) is 30.5 Å². The first-order valence-corrected chi connectivity index (χ1v) is 11.7. The van der Waals surface area contributed by atoms with Crippen LogP contribution >= 0.6 is 0 Å². The summed E-state index contributed by atoms with van der Waals surface area (Å²) in [5.41, 5.74) is 6.70. The summed E-state index contributed by atoms with van der Waals surface area (Å²) in [6.07, 6.45) is 2.45. The van der Waals surface area contributed by atoms with E-state index < -0.39 is 15.7 Å². The van der Waals surface area contributed by atoms with Gasteiger partial charge in [-0.2, -0.15) is 10.4 Å². The molecule has 11 heteroatoms. The van der Waals surface area contributed by atoms with E-state index in [1.165, 1.54) is 11.1 Å². The number of carbonyl (C=O) groups excluding carboxylic acids is 2. The van der Waals surface area contributed by atoms with Crippen LogP contribution in [-0.4, -0.2) is 59.5 Å². The van der Waals surface area contributed by atoms with Crippen molar-refractivity contribution in [2.45, 2.75) is 25.8 Å². The van der Waals surface area contributed by atoms with Crippen molar-refractivity contribution in [1.82, 2.24) is 14.7 Å². The van der Waals surface area contributed by atoms with Gasteiger partial charge in [-0.05, 0) is 30.7 Å². The van der Waals surface area contributed by atoms with Crippen molar-refractivity contribution in [1.29, 1.82) is 5.26 Å². The number of primary amides is 1. The number of nitrogens with two attached hydrogens (primary N) is 1. The standard InChI is InChI=1S/C20H24N6O4S/c1-2-16(7-8-21)26-13-17(18(22)27)19(24-26)23-15-5-3-14(4-6-15)20(28)25-9-11-31(29,30)12-10-25/h3-6,13,16H,2,7,9-12H2,1H3,(H2,22,27)(H,23,24). The van der Waals surface area contributed by atoms with Crippen molar-refractivity contribution in [3.8, 4) is 6.07 Å². The lowest BCUT2D eigenvalue weighted by molar-refractivity contribution is 0.0770. The molecular formula is C20H24N6O4S. The lowest BCUT2D eigenvalue weighted by Crippen LogP contribution is -2.43. The Morgan fingerprint density at radius 3 is 2.45 bits per heavy atom. The number of nitriles is 1. The molecule has 1 atom stereocenters. The van der Waals surface area contributed by atoms with Crippen LogP contribution in [0, 0.1) is 11.3 Å². The average Bonchev–Trinajstić information content (AvgIpc) is 3.16. The van der Waals surface area contributed by atoms with E-state index in [0.717, 1.165) is 0 Å². The minimum atomic E-state index is -3.06. The third-order valence-electron chi connectivity index (χ3n) is 5.20. The summed E-state index contributed by atoms with van der Waals surface area (Å²) in [7, 11) is -3.06. The Balaban J connectivity index is 1.75. The minimum absolute atomic E-state index is 0.0263. The van der Waals surface area contributed by atoms with Gasteiger partial charge in [0.15, 0.2) is 15.7 Å². The summed E-state index contributed by atoms with van der Waals surface area (Å²) in [5, 5.41) is 16.4. The van der Waals surface area contributed by atoms with Gasteiger partial charge in [-0.15, -0.1) is 0 Å². The normalized spacial score (nSPS) is 16.3. The molecule has 164 valence electrons. The number of hydrogen-bond donors (Lipinski definition) is 2. The molecule has 0 saturated carbocycles. The predicted octanol–water partition coefficient (Wildman–Crippen LogP) is 1.46. The van der Waals surface area contributed by atoms with Crippen molar-refractivity contribution in [3.05, 3.63) is 41.6 Å². The monoisotopic (exact) mass is 444 g/mol. The average molecular weight is 445 g/mol. The second-order valence-electron chi connectivity index (χ2n) is 7.31. The molecule has 1 aliphatic heterocycles. The first-order valence-electron chi connectivity index (χ1n) is 9.86. The van der Waals surface area contributed by atoms with E-state index in [-0.39, 0.29) is 54.3 Å². The van der Waals surface area contributed by atoms with E-state index in [1.807, 2.05) is 6.92 Å². The van der Waals surface area contributed by atoms with Gasteiger partial charge < -0.3 is 16.0 Å². The molecule has 2 amide bonds. The van der Waals surface area contributed by atoms with Crippen LogP contribution in [0.15, 0.2) is 30.5 Å². The van der Waals surface area contributed by atoms with Crippen LogP contribution in [0.2, 0.25) is 0 Å². The highest BCUT2D eigenvalue weighted by Gasteiger charge is 2.25. The molecule has 2 aromatic rings. The molecule has 10 nitrogen and oxygen atoms in total. The number of sulfone groups is 1. The first-order chi connectivity index (χ1) is 14.7. The largest absolute Gasteiger partial charge is 0.365 e. The van der Waals surface area contributed by atoms with Crippen LogP contribution in [0.4, 0.5) is 11.5 Å². The van der Waals surface area contributed by atoms with Crippen LogP contribution in [0.3, 0.4) is 0 Å². The van der Waals surface area contributed by atoms with Crippen molar-refractivity contribution in [2.24, 2.45) is 5.73 Å². The van der Waals surface area contributed by atoms with Gasteiger partial charge in [0.05, 0.1) is 30.0 Å². The Kier molecular flexibility index (Phi) is 6.60. The van der Waals surface area contributed by atoms with E-state index >= 15 is 0 Å². The number of carbonyl (C=O) groups is 2. The number of rotatable bonds is 7. The van der Waals surface area contributed by atoms with Gasteiger partial charge in [0.2, 0.25) is 0 Å². The molecule has 3 N–H and O–H groups in total. The Morgan fingerprint density at radius 2 is 1.90 bits per heavy atom. The maximum Gasteiger partial charge on any atom is 0.254 e. The van der Waals surface area contributed by atoms with Crippen LogP contribution in [0.1, 0.15) is 46.5 Å². The van der Waals surface area contributed by atoms with Crippen LogP contribution in [0.25, 0.3) is 0 Å². The molecule has 0 aliphatic carbocycles. The predicted molar refractivity (Wildman–Crippen MR) is 115 cm³/mol. The van der Waals surface area contributed by atoms with Crippen LogP contribution in [0.5, 0.6) is 0 Å². The number of aromatic nitrogens is 2. The highest BCUT2D eigenvalue weighted by atomic mass is 32.2. The van der Waals surface area contributed by atoms with Crippen molar-refractivity contribution in [2.75, 3.05) is 29.9 Å². The molecule has 31 heavy (non-hydrogen) atoms. The highest BCUT2D eigenvalue weighted by Crippen LogP contribution is 2.24. The SMILES string of the molecule is CCC(CC#N)n1cc(C(N)=O)c(Nc2ccc(C(=O)N3CCS(=O)(=O)CC3)cc2)n1. The second-order valence-corrected chi connectivity index (χ2v) is 9.61. The Labute approximate surface area is 180 Å². The van der Waals surface area contributed by atoms with E-state index in [0.29, 0.717) is 17.7 Å². The van der Waals surface area contributed by atoms with E-state index in [1.54, 1.807) is 28.9 Å². The third kappa shape index (κ3) is 5.21. The molecule has 1 aliphatic rings. The molecule has 1 saturated heterocycles. The smallest absolute Gasteiger partial charge is 0.254 e. The lowest BCUT2D eigenvalue weighted by Gasteiger charge is -2.26. The summed E-state index contributed by atoms with van der Waals surface area (Å²) in [6.45, 7) is 2.29. The van der Waals surface area contributed by atoms with Crippen LogP contribution in [-0.2, 0) is 9.84 Å². The van der Waals surface area contributed by atoms with Gasteiger partial charge in [-0.1, -0.05) is 6.92 Å². The fraction of sp³-hybridized carbons (Fsp3) is 0.400. The molecule has 2 heterocycles. The van der Waals surface area contributed by atoms with Crippen molar-refractivity contribution >= 4 is 33.2 Å². The van der Waals surface area contributed by atoms with Gasteiger partial charge in [0.25, 0.3) is 11.8 Å². The fourth-order valence-corrected chi connectivity index (χ4v) is 4.51. The van der Waals surface area contributed by atoms with Gasteiger partial charge in [0.1, 0.15) is 5.56 Å². The lowest BCUT2D eigenvalue weighted by atomic mass is 10.1. The van der Waals surface area contributed by atoms with Gasteiger partial charge in [-0.25, -0.2) is 8.42 Å². The Hall–Kier alpha value is -3.39. The quantitative estimate of drug-likeness (QED) is 0.656. The number of anilines is 2. The molecular weight excluding hydrogens is 420 g/mol. The maximum atomic E-state index is 12.6. The molecule has 1 unspecified atom stereocenters. The highest BCUT2D eigenvalue weighted by molar-refractivity contribution is 7.91. The molecule has 0 radical (unpaired) electrons. The van der Waals surface area contributed by atoms with Gasteiger partial charge >= 0.3 is 0 Å². The zero-order valence-corrected chi connectivity index (χ0v) is 17.9. The maximum absolute atomic E-state index is 12.6. The number of hydrogen-bond acceptors (Lipinski definition) is 7. The zero-order chi connectivity index (χ0) is 22.6. The Bertz CT molecular complexity index is 1100. The minimum Gasteiger partial charge on any atom is -0.365 e. The fourth-order valence-electron chi connectivity index (χ4n) is 3.31. The van der Waals surface area contributed by atoms with E-state index in [4.69, 9.17) is 11.0 Å². The number of benzene rings is 1. The number of amides is 2. The second kappa shape index (κ2) is 9.18. The summed E-state index contributed by atoms with van der Waals surface area (Å²) in [5.74, 6) is -0.661. The molecule has 1 fully saturated rings.